The number of ketones is 1. The highest BCUT2D eigenvalue weighted by Gasteiger charge is 2.22. The number of benzene rings is 1. The zero-order valence-electron chi connectivity index (χ0n) is 18.2. The first-order chi connectivity index (χ1) is 15.0. The van der Waals surface area contributed by atoms with Crippen molar-refractivity contribution in [2.75, 3.05) is 0 Å². The Morgan fingerprint density at radius 1 is 1.23 bits per heavy atom. The third kappa shape index (κ3) is 5.17. The smallest absolute Gasteiger partial charge is 0.184 e. The van der Waals surface area contributed by atoms with Gasteiger partial charge < -0.3 is 5.11 Å². The summed E-state index contributed by atoms with van der Waals surface area (Å²) >= 11 is 0. The predicted molar refractivity (Wildman–Crippen MR) is 122 cm³/mol. The van der Waals surface area contributed by atoms with E-state index in [4.69, 9.17) is 0 Å². The number of aryl methyl sites for hydroxylation is 2. The second kappa shape index (κ2) is 9.40. The maximum atomic E-state index is 12.6. The Labute approximate surface area is 183 Å². The van der Waals surface area contributed by atoms with Crippen LogP contribution in [0.5, 0.6) is 0 Å². The van der Waals surface area contributed by atoms with Crippen LogP contribution in [0.4, 0.5) is 0 Å². The largest absolute Gasteiger partial charge is 0.393 e. The van der Waals surface area contributed by atoms with Gasteiger partial charge in [-0.1, -0.05) is 42.8 Å². The highest BCUT2D eigenvalue weighted by Crippen LogP contribution is 2.26. The van der Waals surface area contributed by atoms with E-state index in [9.17, 15) is 9.90 Å². The van der Waals surface area contributed by atoms with E-state index in [2.05, 4.69) is 34.3 Å². The number of pyridine rings is 1. The van der Waals surface area contributed by atoms with Crippen molar-refractivity contribution in [3.8, 4) is 11.3 Å². The first kappa shape index (κ1) is 21.2. The molecule has 0 aliphatic heterocycles. The summed E-state index contributed by atoms with van der Waals surface area (Å²) in [5, 5.41) is 14.4. The van der Waals surface area contributed by atoms with E-state index in [1.165, 1.54) is 5.56 Å². The molecule has 0 amide bonds. The molecule has 0 spiro atoms. The van der Waals surface area contributed by atoms with Crippen molar-refractivity contribution in [3.05, 3.63) is 83.3 Å². The fourth-order valence-corrected chi connectivity index (χ4v) is 4.14. The van der Waals surface area contributed by atoms with Crippen molar-refractivity contribution < 1.29 is 9.90 Å². The van der Waals surface area contributed by atoms with Crippen LogP contribution in [-0.2, 0) is 13.5 Å². The second-order valence-electron chi connectivity index (χ2n) is 8.46. The Kier molecular flexibility index (Phi) is 6.42. The molecule has 160 valence electrons. The molecule has 1 fully saturated rings. The Hall–Kier alpha value is -3.05. The van der Waals surface area contributed by atoms with Gasteiger partial charge in [0.15, 0.2) is 5.78 Å². The summed E-state index contributed by atoms with van der Waals surface area (Å²) in [6.07, 6.45) is 11.3. The summed E-state index contributed by atoms with van der Waals surface area (Å²) in [4.78, 5) is 17.0. The van der Waals surface area contributed by atoms with Crippen LogP contribution in [0.1, 0.15) is 52.9 Å². The maximum absolute atomic E-state index is 12.6. The lowest BCUT2D eigenvalue weighted by molar-refractivity contribution is 0.0990. The number of rotatable bonds is 7. The summed E-state index contributed by atoms with van der Waals surface area (Å²) in [5.41, 5.74) is 5.92. The molecule has 0 bridgehead atoms. The van der Waals surface area contributed by atoms with Crippen molar-refractivity contribution in [3.63, 3.8) is 0 Å². The van der Waals surface area contributed by atoms with Gasteiger partial charge >= 0.3 is 0 Å². The number of hydrogen-bond acceptors (Lipinski definition) is 4. The first-order valence-corrected chi connectivity index (χ1v) is 10.9. The summed E-state index contributed by atoms with van der Waals surface area (Å²) in [5.74, 6) is 0.193. The van der Waals surface area contributed by atoms with Gasteiger partial charge in [0.1, 0.15) is 5.69 Å². The predicted octanol–water partition coefficient (Wildman–Crippen LogP) is 4.67. The molecule has 1 aromatic carbocycles. The Bertz CT molecular complexity index is 1080. The molecule has 0 radical (unpaired) electrons. The molecule has 0 unspecified atom stereocenters. The number of hydrogen-bond donors (Lipinski definition) is 1. The molecule has 0 saturated heterocycles. The summed E-state index contributed by atoms with van der Waals surface area (Å²) in [6, 6.07) is 12.3. The number of Topliss-reactive ketones (excluding diaryl/α,β-unsaturated/α-hetero) is 1. The van der Waals surface area contributed by atoms with Crippen LogP contribution in [0.3, 0.4) is 0 Å². The minimum Gasteiger partial charge on any atom is -0.393 e. The number of aliphatic hydroxyl groups is 1. The third-order valence-corrected chi connectivity index (χ3v) is 6.08. The number of allylic oxidation sites excluding steroid dienone is 1. The van der Waals surface area contributed by atoms with Crippen LogP contribution in [0.15, 0.2) is 60.9 Å². The molecule has 5 heteroatoms. The Morgan fingerprint density at radius 2 is 2.03 bits per heavy atom. The normalized spacial score (nSPS) is 18.7. The van der Waals surface area contributed by atoms with Crippen LogP contribution in [0.25, 0.3) is 11.3 Å². The topological polar surface area (TPSA) is 68.0 Å². The number of carbonyl (C=O) groups is 1. The minimum atomic E-state index is -0.264. The van der Waals surface area contributed by atoms with Gasteiger partial charge in [0.05, 0.1) is 11.8 Å². The van der Waals surface area contributed by atoms with Gasteiger partial charge in [-0.3, -0.25) is 14.5 Å². The van der Waals surface area contributed by atoms with E-state index in [1.54, 1.807) is 10.9 Å². The van der Waals surface area contributed by atoms with E-state index in [-0.39, 0.29) is 17.8 Å². The standard InChI is InChI=1S/C26H29N3O2/c1-18-17-27-24(26(31)8-4-6-21-5-3-7-25(21)30)16-22(18)15-19-9-11-20(12-10-19)23-13-14-29(2)28-23/h4,6,9-14,16-17,21,25,30H,3,5,7-8,15H2,1-2H3/b6-4+/t21-,25+/m1/s1. The lowest BCUT2D eigenvalue weighted by Crippen LogP contribution is -2.10. The van der Waals surface area contributed by atoms with Crippen LogP contribution < -0.4 is 0 Å². The van der Waals surface area contributed by atoms with E-state index < -0.39 is 0 Å². The summed E-state index contributed by atoms with van der Waals surface area (Å²) in [6.45, 7) is 2.03. The zero-order valence-corrected chi connectivity index (χ0v) is 18.2. The molecule has 1 saturated carbocycles. The quantitative estimate of drug-likeness (QED) is 0.450. The second-order valence-corrected chi connectivity index (χ2v) is 8.46. The molecule has 2 heterocycles. The molecule has 1 N–H and O–H groups in total. The molecular weight excluding hydrogens is 386 g/mol. The summed E-state index contributed by atoms with van der Waals surface area (Å²) < 4.78 is 1.80. The van der Waals surface area contributed by atoms with E-state index in [0.717, 1.165) is 48.1 Å². The van der Waals surface area contributed by atoms with Crippen LogP contribution >= 0.6 is 0 Å². The van der Waals surface area contributed by atoms with Crippen molar-refractivity contribution in [1.82, 2.24) is 14.8 Å². The number of carbonyl (C=O) groups excluding carboxylic acids is 1. The van der Waals surface area contributed by atoms with Crippen molar-refractivity contribution >= 4 is 5.78 Å². The van der Waals surface area contributed by atoms with E-state index in [1.807, 2.05) is 44.5 Å². The molecule has 1 aliphatic carbocycles. The van der Waals surface area contributed by atoms with Crippen LogP contribution in [0, 0.1) is 12.8 Å². The average molecular weight is 416 g/mol. The Morgan fingerprint density at radius 3 is 2.71 bits per heavy atom. The summed E-state index contributed by atoms with van der Waals surface area (Å²) in [7, 11) is 1.91. The van der Waals surface area contributed by atoms with Gasteiger partial charge in [0.25, 0.3) is 0 Å². The van der Waals surface area contributed by atoms with Gasteiger partial charge in [-0.15, -0.1) is 0 Å². The number of aliphatic hydroxyl groups excluding tert-OH is 1. The fourth-order valence-electron chi connectivity index (χ4n) is 4.14. The van der Waals surface area contributed by atoms with Gasteiger partial charge in [-0.25, -0.2) is 0 Å². The molecule has 31 heavy (non-hydrogen) atoms. The average Bonchev–Trinajstić information content (AvgIpc) is 3.38. The van der Waals surface area contributed by atoms with Gasteiger partial charge in [0.2, 0.25) is 0 Å². The van der Waals surface area contributed by atoms with E-state index in [0.29, 0.717) is 12.1 Å². The number of aromatic nitrogens is 3. The highest BCUT2D eigenvalue weighted by atomic mass is 16.3. The van der Waals surface area contributed by atoms with Gasteiger partial charge in [-0.05, 0) is 55.0 Å². The Balaban J connectivity index is 1.42. The highest BCUT2D eigenvalue weighted by molar-refractivity contribution is 5.95. The molecule has 4 rings (SSSR count). The van der Waals surface area contributed by atoms with Crippen LogP contribution in [-0.4, -0.2) is 31.8 Å². The molecule has 3 aromatic rings. The van der Waals surface area contributed by atoms with Crippen LogP contribution in [0.2, 0.25) is 0 Å². The SMILES string of the molecule is Cc1cnc(C(=O)C/C=C/[C@H]2CCC[C@@H]2O)cc1Cc1ccc(-c2ccn(C)n2)cc1. The maximum Gasteiger partial charge on any atom is 0.184 e. The van der Waals surface area contributed by atoms with Crippen molar-refractivity contribution in [2.45, 2.75) is 45.1 Å². The minimum absolute atomic E-state index is 0.00971. The lowest BCUT2D eigenvalue weighted by atomic mass is 9.98. The molecule has 5 nitrogen and oxygen atoms in total. The van der Waals surface area contributed by atoms with Gasteiger partial charge in [-0.2, -0.15) is 5.10 Å². The lowest BCUT2D eigenvalue weighted by Gasteiger charge is -2.09. The molecular formula is C26H29N3O2. The monoisotopic (exact) mass is 415 g/mol. The van der Waals surface area contributed by atoms with Crippen molar-refractivity contribution in [2.24, 2.45) is 13.0 Å². The molecule has 2 atom stereocenters. The molecule has 1 aliphatic rings. The fraction of sp³-hybridized carbons (Fsp3) is 0.346. The third-order valence-electron chi connectivity index (χ3n) is 6.08. The van der Waals surface area contributed by atoms with Gasteiger partial charge in [0, 0.05) is 37.3 Å². The molecule has 2 aromatic heterocycles. The number of nitrogens with zero attached hydrogens (tertiary/aromatic N) is 3. The zero-order chi connectivity index (χ0) is 21.8. The van der Waals surface area contributed by atoms with Crippen molar-refractivity contribution in [1.29, 1.82) is 0 Å². The first-order valence-electron chi connectivity index (χ1n) is 10.9. The van der Waals surface area contributed by atoms with E-state index >= 15 is 0 Å².